The number of amides is 1. The zero-order valence-electron chi connectivity index (χ0n) is 10.4. The Morgan fingerprint density at radius 1 is 1.32 bits per heavy atom. The van der Waals surface area contributed by atoms with Gasteiger partial charge in [0.05, 0.1) is 6.67 Å². The molecule has 0 atom stereocenters. The van der Waals surface area contributed by atoms with E-state index in [0.29, 0.717) is 13.2 Å². The van der Waals surface area contributed by atoms with E-state index in [4.69, 9.17) is 5.21 Å². The van der Waals surface area contributed by atoms with Crippen LogP contribution < -0.4 is 5.48 Å². The molecule has 2 rings (SSSR count). The standard InChI is InChI=1S/C13H15N3O3/c17-12(13(18)15-19)11-8-16(9-14-11)7-6-10-4-2-1-3-5-10/h1-5,19H,6-9H2,(H,15,18). The number of nitrogens with zero attached hydrogens (tertiary/aromatic N) is 2. The third-order valence-electron chi connectivity index (χ3n) is 2.96. The summed E-state index contributed by atoms with van der Waals surface area (Å²) in [7, 11) is 0. The highest BCUT2D eigenvalue weighted by atomic mass is 16.5. The number of benzene rings is 1. The van der Waals surface area contributed by atoms with Crippen LogP contribution in [0.15, 0.2) is 35.3 Å². The van der Waals surface area contributed by atoms with Gasteiger partial charge >= 0.3 is 5.91 Å². The number of nitrogens with one attached hydrogen (secondary N) is 1. The van der Waals surface area contributed by atoms with E-state index in [2.05, 4.69) is 4.99 Å². The van der Waals surface area contributed by atoms with Crippen LogP contribution >= 0.6 is 0 Å². The molecule has 1 aromatic carbocycles. The summed E-state index contributed by atoms with van der Waals surface area (Å²) in [5.41, 5.74) is 2.74. The Balaban J connectivity index is 1.81. The van der Waals surface area contributed by atoms with Crippen molar-refractivity contribution in [2.75, 3.05) is 19.8 Å². The largest absolute Gasteiger partial charge is 0.317 e. The maximum absolute atomic E-state index is 11.5. The Morgan fingerprint density at radius 3 is 2.74 bits per heavy atom. The second kappa shape index (κ2) is 6.21. The summed E-state index contributed by atoms with van der Waals surface area (Å²) >= 11 is 0. The number of carbonyl (C=O) groups is 2. The fourth-order valence-corrected chi connectivity index (χ4v) is 1.90. The highest BCUT2D eigenvalue weighted by Crippen LogP contribution is 2.06. The van der Waals surface area contributed by atoms with Crippen LogP contribution in [-0.2, 0) is 16.0 Å². The van der Waals surface area contributed by atoms with Crippen molar-refractivity contribution in [2.45, 2.75) is 6.42 Å². The number of Topliss-reactive ketones (excluding diaryl/α,β-unsaturated/α-hetero) is 1. The van der Waals surface area contributed by atoms with Gasteiger partial charge in [0.25, 0.3) is 5.78 Å². The van der Waals surface area contributed by atoms with Gasteiger partial charge < -0.3 is 0 Å². The van der Waals surface area contributed by atoms with Crippen molar-refractivity contribution in [3.8, 4) is 0 Å². The van der Waals surface area contributed by atoms with Crippen LogP contribution in [0, 0.1) is 0 Å². The minimum atomic E-state index is -1.04. The minimum absolute atomic E-state index is 0.194. The molecule has 1 amide bonds. The first-order valence-corrected chi connectivity index (χ1v) is 5.99. The van der Waals surface area contributed by atoms with Crippen molar-refractivity contribution in [3.63, 3.8) is 0 Å². The Morgan fingerprint density at radius 2 is 2.05 bits per heavy atom. The first kappa shape index (κ1) is 13.4. The molecule has 6 heteroatoms. The van der Waals surface area contributed by atoms with Gasteiger partial charge in [0, 0.05) is 13.1 Å². The summed E-state index contributed by atoms with van der Waals surface area (Å²) in [4.78, 5) is 28.4. The van der Waals surface area contributed by atoms with Crippen LogP contribution in [0.5, 0.6) is 0 Å². The highest BCUT2D eigenvalue weighted by molar-refractivity contribution is 6.65. The van der Waals surface area contributed by atoms with Crippen LogP contribution in [0.2, 0.25) is 0 Å². The molecular formula is C13H15N3O3. The third-order valence-corrected chi connectivity index (χ3v) is 2.96. The smallest absolute Gasteiger partial charge is 0.288 e. The van der Waals surface area contributed by atoms with Crippen LogP contribution in [0.3, 0.4) is 0 Å². The lowest BCUT2D eigenvalue weighted by molar-refractivity contribution is -0.139. The zero-order valence-corrected chi connectivity index (χ0v) is 10.4. The lowest BCUT2D eigenvalue weighted by Crippen LogP contribution is -2.36. The molecule has 1 aliphatic rings. The Hall–Kier alpha value is -2.05. The number of rotatable bonds is 5. The number of carbonyl (C=O) groups excluding carboxylic acids is 2. The average molecular weight is 261 g/mol. The Bertz CT molecular complexity index is 499. The van der Waals surface area contributed by atoms with Gasteiger partial charge in [0.1, 0.15) is 5.71 Å². The van der Waals surface area contributed by atoms with Crippen molar-refractivity contribution in [3.05, 3.63) is 35.9 Å². The number of hydrogen-bond donors (Lipinski definition) is 2. The maximum atomic E-state index is 11.5. The summed E-state index contributed by atoms with van der Waals surface area (Å²) in [5.74, 6) is -1.81. The molecular weight excluding hydrogens is 246 g/mol. The fourth-order valence-electron chi connectivity index (χ4n) is 1.90. The van der Waals surface area contributed by atoms with Crippen molar-refractivity contribution in [2.24, 2.45) is 4.99 Å². The van der Waals surface area contributed by atoms with E-state index in [1.54, 1.807) is 0 Å². The lowest BCUT2D eigenvalue weighted by atomic mass is 10.1. The Labute approximate surface area is 110 Å². The summed E-state index contributed by atoms with van der Waals surface area (Å²) in [6.45, 7) is 1.52. The van der Waals surface area contributed by atoms with E-state index in [-0.39, 0.29) is 5.71 Å². The lowest BCUT2D eigenvalue weighted by Gasteiger charge is -2.13. The molecule has 0 aliphatic carbocycles. The van der Waals surface area contributed by atoms with Crippen LogP contribution in [-0.4, -0.2) is 47.3 Å². The molecule has 0 bridgehead atoms. The van der Waals surface area contributed by atoms with Gasteiger partial charge in [-0.15, -0.1) is 0 Å². The quantitative estimate of drug-likeness (QED) is 0.444. The fraction of sp³-hybridized carbons (Fsp3) is 0.308. The van der Waals surface area contributed by atoms with Crippen LogP contribution in [0.4, 0.5) is 0 Å². The first-order valence-electron chi connectivity index (χ1n) is 5.99. The predicted octanol–water partition coefficient (Wildman–Crippen LogP) is 0.0177. The van der Waals surface area contributed by atoms with Crippen molar-refractivity contribution < 1.29 is 14.8 Å². The van der Waals surface area contributed by atoms with Crippen molar-refractivity contribution >= 4 is 17.4 Å². The molecule has 1 aliphatic heterocycles. The van der Waals surface area contributed by atoms with Crippen LogP contribution in [0.1, 0.15) is 5.56 Å². The van der Waals surface area contributed by atoms with Crippen molar-refractivity contribution in [1.29, 1.82) is 0 Å². The zero-order chi connectivity index (χ0) is 13.7. The number of hydrogen-bond acceptors (Lipinski definition) is 5. The molecule has 6 nitrogen and oxygen atoms in total. The normalized spacial score (nSPS) is 15.1. The second-order valence-electron chi connectivity index (χ2n) is 4.30. The van der Waals surface area contributed by atoms with Gasteiger partial charge in [-0.25, -0.2) is 5.48 Å². The van der Waals surface area contributed by atoms with Gasteiger partial charge in [-0.1, -0.05) is 30.3 Å². The van der Waals surface area contributed by atoms with E-state index in [9.17, 15) is 9.59 Å². The molecule has 19 heavy (non-hydrogen) atoms. The second-order valence-corrected chi connectivity index (χ2v) is 4.30. The Kier molecular flexibility index (Phi) is 4.38. The van der Waals surface area contributed by atoms with Gasteiger partial charge in [-0.05, 0) is 12.0 Å². The molecule has 0 saturated carbocycles. The molecule has 0 saturated heterocycles. The molecule has 0 unspecified atom stereocenters. The summed E-state index contributed by atoms with van der Waals surface area (Å²) in [6.07, 6.45) is 0.865. The molecule has 1 heterocycles. The summed E-state index contributed by atoms with van der Waals surface area (Å²) in [5, 5.41) is 8.39. The monoisotopic (exact) mass is 261 g/mol. The molecule has 0 radical (unpaired) electrons. The molecule has 0 fully saturated rings. The molecule has 1 aromatic rings. The van der Waals surface area contributed by atoms with Crippen molar-refractivity contribution in [1.82, 2.24) is 10.4 Å². The molecule has 2 N–H and O–H groups in total. The highest BCUT2D eigenvalue weighted by Gasteiger charge is 2.25. The predicted molar refractivity (Wildman–Crippen MR) is 69.0 cm³/mol. The topological polar surface area (TPSA) is 82.0 Å². The minimum Gasteiger partial charge on any atom is -0.288 e. The number of aliphatic imine (C=N–C) groups is 1. The molecule has 0 aromatic heterocycles. The summed E-state index contributed by atoms with van der Waals surface area (Å²) in [6, 6.07) is 10.0. The number of hydroxylamine groups is 1. The van der Waals surface area contributed by atoms with E-state index in [0.717, 1.165) is 13.0 Å². The maximum Gasteiger partial charge on any atom is 0.317 e. The van der Waals surface area contributed by atoms with Gasteiger partial charge in [-0.2, -0.15) is 0 Å². The van der Waals surface area contributed by atoms with Gasteiger partial charge in [0.2, 0.25) is 0 Å². The van der Waals surface area contributed by atoms with E-state index < -0.39 is 11.7 Å². The first-order chi connectivity index (χ1) is 9.20. The third kappa shape index (κ3) is 3.46. The van der Waals surface area contributed by atoms with Gasteiger partial charge in [0.15, 0.2) is 0 Å². The van der Waals surface area contributed by atoms with Gasteiger partial charge in [-0.3, -0.25) is 24.7 Å². The van der Waals surface area contributed by atoms with E-state index in [1.165, 1.54) is 11.0 Å². The molecule has 0 spiro atoms. The molecule has 100 valence electrons. The summed E-state index contributed by atoms with van der Waals surface area (Å²) < 4.78 is 0. The average Bonchev–Trinajstić information content (AvgIpc) is 2.93. The van der Waals surface area contributed by atoms with Crippen LogP contribution in [0.25, 0.3) is 0 Å². The van der Waals surface area contributed by atoms with E-state index in [1.807, 2.05) is 35.2 Å². The SMILES string of the molecule is O=C(NO)C(=O)C1=NCN(CCc2ccccc2)C1. The number of ketones is 1. The van der Waals surface area contributed by atoms with E-state index >= 15 is 0 Å².